The van der Waals surface area contributed by atoms with E-state index in [2.05, 4.69) is 10.6 Å². The zero-order valence-corrected chi connectivity index (χ0v) is 11.6. The van der Waals surface area contributed by atoms with Gasteiger partial charge in [0, 0.05) is 12.6 Å². The third kappa shape index (κ3) is 4.51. The summed E-state index contributed by atoms with van der Waals surface area (Å²) in [5, 5.41) is 13.7. The van der Waals surface area contributed by atoms with Crippen LogP contribution < -0.4 is 10.6 Å². The molecule has 3 N–H and O–H groups in total. The van der Waals surface area contributed by atoms with E-state index in [1.165, 1.54) is 0 Å². The Morgan fingerprint density at radius 1 is 1.40 bits per heavy atom. The summed E-state index contributed by atoms with van der Waals surface area (Å²) in [4.78, 5) is 24.3. The molecule has 110 valence electrons. The molecule has 0 fully saturated rings. The normalized spacial score (nSPS) is 12.1. The summed E-state index contributed by atoms with van der Waals surface area (Å²) in [7, 11) is 3.75. The quantitative estimate of drug-likeness (QED) is 0.766. The number of carboxylic acids is 1. The first-order chi connectivity index (χ1) is 9.31. The van der Waals surface area contributed by atoms with E-state index in [1.54, 1.807) is 0 Å². The number of amides is 2. The van der Waals surface area contributed by atoms with Gasteiger partial charge in [-0.1, -0.05) is 0 Å². The maximum Gasteiger partial charge on any atom is 0.335 e. The molecule has 0 saturated heterocycles. The van der Waals surface area contributed by atoms with Crippen molar-refractivity contribution in [3.63, 3.8) is 0 Å². The van der Waals surface area contributed by atoms with Gasteiger partial charge < -0.3 is 20.6 Å². The molecule has 1 rings (SSSR count). The van der Waals surface area contributed by atoms with E-state index in [4.69, 9.17) is 5.11 Å². The molecule has 6 nitrogen and oxygen atoms in total. The molecule has 0 radical (unpaired) electrons. The van der Waals surface area contributed by atoms with E-state index in [0.29, 0.717) is 6.54 Å². The lowest BCUT2D eigenvalue weighted by Gasteiger charge is -2.20. The molecule has 1 aromatic rings. The number of anilines is 1. The van der Waals surface area contributed by atoms with Gasteiger partial charge in [0.15, 0.2) is 0 Å². The molecule has 0 heterocycles. The van der Waals surface area contributed by atoms with Gasteiger partial charge in [-0.2, -0.15) is 0 Å². The lowest BCUT2D eigenvalue weighted by Crippen LogP contribution is -2.40. The first-order valence-electron chi connectivity index (χ1n) is 6.05. The van der Waals surface area contributed by atoms with E-state index in [0.717, 1.165) is 18.2 Å². The van der Waals surface area contributed by atoms with Gasteiger partial charge in [-0.3, -0.25) is 0 Å². The Labute approximate surface area is 116 Å². The van der Waals surface area contributed by atoms with Gasteiger partial charge in [0.25, 0.3) is 0 Å². The first kappa shape index (κ1) is 15.9. The molecule has 1 aromatic carbocycles. The molecule has 0 aliphatic heterocycles. The highest BCUT2D eigenvalue weighted by Gasteiger charge is 2.12. The second-order valence-corrected chi connectivity index (χ2v) is 4.65. The molecule has 7 heteroatoms. The van der Waals surface area contributed by atoms with Crippen LogP contribution in [-0.4, -0.2) is 48.7 Å². The number of aromatic carboxylic acids is 1. The van der Waals surface area contributed by atoms with Crippen molar-refractivity contribution in [2.24, 2.45) is 0 Å². The van der Waals surface area contributed by atoms with E-state index in [1.807, 2.05) is 25.9 Å². The van der Waals surface area contributed by atoms with Gasteiger partial charge in [0.2, 0.25) is 0 Å². The smallest absolute Gasteiger partial charge is 0.335 e. The van der Waals surface area contributed by atoms with E-state index < -0.39 is 17.8 Å². The van der Waals surface area contributed by atoms with Crippen LogP contribution in [0.5, 0.6) is 0 Å². The highest BCUT2D eigenvalue weighted by Crippen LogP contribution is 2.16. The van der Waals surface area contributed by atoms with Crippen molar-refractivity contribution in [2.45, 2.75) is 13.0 Å². The SMILES string of the molecule is CC(CNC(=O)Nc1cc(C(=O)O)ccc1F)N(C)C. The Balaban J connectivity index is 2.66. The summed E-state index contributed by atoms with van der Waals surface area (Å²) in [6.45, 7) is 2.31. The molecule has 20 heavy (non-hydrogen) atoms. The van der Waals surface area contributed by atoms with Crippen LogP contribution in [0.25, 0.3) is 0 Å². The zero-order chi connectivity index (χ0) is 15.3. The zero-order valence-electron chi connectivity index (χ0n) is 11.6. The van der Waals surface area contributed by atoms with Crippen LogP contribution in [0.3, 0.4) is 0 Å². The van der Waals surface area contributed by atoms with E-state index >= 15 is 0 Å². The monoisotopic (exact) mass is 283 g/mol. The molecule has 0 aliphatic rings. The maximum absolute atomic E-state index is 13.5. The Bertz CT molecular complexity index is 506. The number of benzene rings is 1. The number of carbonyl (C=O) groups is 2. The average Bonchev–Trinajstić information content (AvgIpc) is 2.38. The molecular weight excluding hydrogens is 265 g/mol. The van der Waals surface area contributed by atoms with Crippen molar-refractivity contribution in [3.8, 4) is 0 Å². The summed E-state index contributed by atoms with van der Waals surface area (Å²) in [5.74, 6) is -1.87. The highest BCUT2D eigenvalue weighted by molar-refractivity contribution is 5.93. The average molecular weight is 283 g/mol. The summed E-state index contributed by atoms with van der Waals surface area (Å²) in [6.07, 6.45) is 0. The lowest BCUT2D eigenvalue weighted by atomic mass is 10.2. The van der Waals surface area contributed by atoms with Crippen LogP contribution in [0.4, 0.5) is 14.9 Å². The minimum absolute atomic E-state index is 0.0941. The van der Waals surface area contributed by atoms with Crippen molar-refractivity contribution in [1.82, 2.24) is 10.2 Å². The Morgan fingerprint density at radius 3 is 2.60 bits per heavy atom. The highest BCUT2D eigenvalue weighted by atomic mass is 19.1. The summed E-state index contributed by atoms with van der Waals surface area (Å²) >= 11 is 0. The summed E-state index contributed by atoms with van der Waals surface area (Å²) in [5.41, 5.74) is -0.261. The van der Waals surface area contributed by atoms with E-state index in [-0.39, 0.29) is 17.3 Å². The van der Waals surface area contributed by atoms with Crippen LogP contribution in [0.15, 0.2) is 18.2 Å². The van der Waals surface area contributed by atoms with Crippen molar-refractivity contribution < 1.29 is 19.1 Å². The fraction of sp³-hybridized carbons (Fsp3) is 0.385. The minimum atomic E-state index is -1.19. The molecule has 0 bridgehead atoms. The Hall–Kier alpha value is -2.15. The second-order valence-electron chi connectivity index (χ2n) is 4.65. The predicted molar refractivity (Wildman–Crippen MR) is 73.5 cm³/mol. The van der Waals surface area contributed by atoms with Gasteiger partial charge >= 0.3 is 12.0 Å². The van der Waals surface area contributed by atoms with Gasteiger partial charge in [0.1, 0.15) is 5.82 Å². The topological polar surface area (TPSA) is 81.7 Å². The van der Waals surface area contributed by atoms with Crippen LogP contribution in [0.2, 0.25) is 0 Å². The third-order valence-electron chi connectivity index (χ3n) is 2.90. The first-order valence-corrected chi connectivity index (χ1v) is 6.05. The number of hydrogen-bond donors (Lipinski definition) is 3. The number of carbonyl (C=O) groups excluding carboxylic acids is 1. The molecular formula is C13H18FN3O3. The number of halogens is 1. The van der Waals surface area contributed by atoms with Crippen molar-refractivity contribution in [1.29, 1.82) is 0 Å². The Kier molecular flexibility index (Phi) is 5.45. The predicted octanol–water partition coefficient (Wildman–Crippen LogP) is 1.60. The number of rotatable bonds is 5. The van der Waals surface area contributed by atoms with Gasteiger partial charge in [-0.25, -0.2) is 14.0 Å². The standard InChI is InChI=1S/C13H18FN3O3/c1-8(17(2)3)7-15-13(20)16-11-6-9(12(18)19)4-5-10(11)14/h4-6,8H,7H2,1-3H3,(H,18,19)(H2,15,16,20). The van der Waals surface area contributed by atoms with Crippen LogP contribution in [0, 0.1) is 5.82 Å². The minimum Gasteiger partial charge on any atom is -0.478 e. The van der Waals surface area contributed by atoms with Crippen molar-refractivity contribution in [2.75, 3.05) is 26.0 Å². The number of carboxylic acid groups (broad SMARTS) is 1. The van der Waals surface area contributed by atoms with Gasteiger partial charge in [0.05, 0.1) is 11.3 Å². The fourth-order valence-corrected chi connectivity index (χ4v) is 1.34. The largest absolute Gasteiger partial charge is 0.478 e. The third-order valence-corrected chi connectivity index (χ3v) is 2.90. The van der Waals surface area contributed by atoms with Crippen LogP contribution >= 0.6 is 0 Å². The fourth-order valence-electron chi connectivity index (χ4n) is 1.34. The summed E-state index contributed by atoms with van der Waals surface area (Å²) in [6, 6.07) is 2.75. The molecule has 0 aromatic heterocycles. The lowest BCUT2D eigenvalue weighted by molar-refractivity contribution is 0.0697. The molecule has 0 saturated carbocycles. The molecule has 2 amide bonds. The summed E-state index contributed by atoms with van der Waals surface area (Å²) < 4.78 is 13.5. The maximum atomic E-state index is 13.5. The molecule has 1 unspecified atom stereocenters. The van der Waals surface area contributed by atoms with Crippen LogP contribution in [0.1, 0.15) is 17.3 Å². The molecule has 0 spiro atoms. The number of nitrogens with one attached hydrogen (secondary N) is 2. The molecule has 0 aliphatic carbocycles. The number of urea groups is 1. The van der Waals surface area contributed by atoms with Gasteiger partial charge in [-0.15, -0.1) is 0 Å². The molecule has 1 atom stereocenters. The number of likely N-dealkylation sites (N-methyl/N-ethyl adjacent to an activating group) is 1. The second kappa shape index (κ2) is 6.85. The van der Waals surface area contributed by atoms with Crippen molar-refractivity contribution >= 4 is 17.7 Å². The van der Waals surface area contributed by atoms with Gasteiger partial charge in [-0.05, 0) is 39.2 Å². The van der Waals surface area contributed by atoms with Crippen LogP contribution in [-0.2, 0) is 0 Å². The number of hydrogen-bond acceptors (Lipinski definition) is 3. The van der Waals surface area contributed by atoms with E-state index in [9.17, 15) is 14.0 Å². The van der Waals surface area contributed by atoms with Crippen molar-refractivity contribution in [3.05, 3.63) is 29.6 Å². The number of nitrogens with zero attached hydrogens (tertiary/aromatic N) is 1. The Morgan fingerprint density at radius 2 is 2.05 bits per heavy atom.